The van der Waals surface area contributed by atoms with E-state index >= 15 is 0 Å². The maximum absolute atomic E-state index is 12.1. The van der Waals surface area contributed by atoms with Gasteiger partial charge in [0.25, 0.3) is 5.56 Å². The molecule has 0 fully saturated rings. The molecule has 0 spiro atoms. The summed E-state index contributed by atoms with van der Waals surface area (Å²) in [5.41, 5.74) is 5.62. The van der Waals surface area contributed by atoms with Crippen LogP contribution in [0.3, 0.4) is 0 Å². The van der Waals surface area contributed by atoms with Gasteiger partial charge in [-0.2, -0.15) is 0 Å². The topological polar surface area (TPSA) is 70.0 Å². The second kappa shape index (κ2) is 5.32. The highest BCUT2D eigenvalue weighted by Crippen LogP contribution is 2.10. The maximum Gasteiger partial charge on any atom is 0.331 e. The van der Waals surface area contributed by atoms with Gasteiger partial charge in [-0.15, -0.1) is 0 Å². The van der Waals surface area contributed by atoms with Crippen LogP contribution >= 0.6 is 11.6 Å². The fourth-order valence-electron chi connectivity index (χ4n) is 1.86. The molecule has 2 N–H and O–H groups in total. The molecule has 0 aliphatic rings. The predicted octanol–water partition coefficient (Wildman–Crippen LogP) is 1.31. The number of nitrogens with two attached hydrogens (primary N) is 1. The molecule has 100 valence electrons. The third-order valence-electron chi connectivity index (χ3n) is 2.83. The summed E-state index contributed by atoms with van der Waals surface area (Å²) >= 11 is 5.89. The first-order valence-corrected chi connectivity index (χ1v) is 6.25. The van der Waals surface area contributed by atoms with Gasteiger partial charge in [0.2, 0.25) is 0 Å². The number of nitrogens with zero attached hydrogens (tertiary/aromatic N) is 2. The van der Waals surface area contributed by atoms with Gasteiger partial charge in [-0.1, -0.05) is 23.7 Å². The lowest BCUT2D eigenvalue weighted by Crippen LogP contribution is -2.40. The van der Waals surface area contributed by atoms with E-state index in [9.17, 15) is 9.59 Å². The molecule has 0 radical (unpaired) electrons. The first kappa shape index (κ1) is 13.4. The third-order valence-corrected chi connectivity index (χ3v) is 3.07. The summed E-state index contributed by atoms with van der Waals surface area (Å²) in [5, 5.41) is 0.560. The van der Waals surface area contributed by atoms with E-state index in [1.54, 1.807) is 24.3 Å². The normalized spacial score (nSPS) is 10.6. The first-order valence-electron chi connectivity index (χ1n) is 5.87. The van der Waals surface area contributed by atoms with E-state index in [2.05, 4.69) is 0 Å². The average Bonchev–Trinajstić information content (AvgIpc) is 2.39. The number of hydrogen-bond acceptors (Lipinski definition) is 3. The van der Waals surface area contributed by atoms with Gasteiger partial charge in [0.1, 0.15) is 5.69 Å². The smallest absolute Gasteiger partial charge is 0.331 e. The molecule has 5 nitrogen and oxygen atoms in total. The van der Waals surface area contributed by atoms with Gasteiger partial charge < -0.3 is 5.73 Å². The van der Waals surface area contributed by atoms with Crippen molar-refractivity contribution in [3.8, 4) is 0 Å². The van der Waals surface area contributed by atoms with Crippen LogP contribution in [0.25, 0.3) is 0 Å². The zero-order valence-electron chi connectivity index (χ0n) is 10.5. The van der Waals surface area contributed by atoms with Crippen molar-refractivity contribution in [2.45, 2.75) is 20.0 Å². The van der Waals surface area contributed by atoms with Crippen molar-refractivity contribution >= 4 is 17.3 Å². The highest BCUT2D eigenvalue weighted by molar-refractivity contribution is 6.30. The molecule has 2 aromatic rings. The van der Waals surface area contributed by atoms with Crippen LogP contribution in [0.4, 0.5) is 5.69 Å². The lowest BCUT2D eigenvalue weighted by Gasteiger charge is -2.10. The molecular weight excluding hydrogens is 266 g/mol. The number of aryl methyl sites for hydroxylation is 1. The number of nitrogen functional groups attached to an aromatic ring is 1. The van der Waals surface area contributed by atoms with E-state index in [1.165, 1.54) is 10.8 Å². The Kier molecular flexibility index (Phi) is 3.76. The summed E-state index contributed by atoms with van der Waals surface area (Å²) in [6.07, 6.45) is 1.37. The molecule has 0 atom stereocenters. The molecular formula is C13H14ClN3O2. The molecule has 0 saturated heterocycles. The lowest BCUT2D eigenvalue weighted by molar-refractivity contribution is 0.603. The van der Waals surface area contributed by atoms with Crippen LogP contribution in [-0.2, 0) is 13.1 Å². The fraction of sp³-hybridized carbons (Fsp3) is 0.231. The van der Waals surface area contributed by atoms with E-state index < -0.39 is 5.56 Å². The van der Waals surface area contributed by atoms with E-state index in [0.29, 0.717) is 11.6 Å². The number of rotatable bonds is 3. The summed E-state index contributed by atoms with van der Waals surface area (Å²) in [6, 6.07) is 7.02. The Balaban J connectivity index is 2.54. The highest BCUT2D eigenvalue weighted by Gasteiger charge is 2.09. The maximum atomic E-state index is 12.1. The summed E-state index contributed by atoms with van der Waals surface area (Å²) in [7, 11) is 0. The van der Waals surface area contributed by atoms with Gasteiger partial charge in [-0.25, -0.2) is 4.79 Å². The van der Waals surface area contributed by atoms with Gasteiger partial charge in [0.05, 0.1) is 6.54 Å². The van der Waals surface area contributed by atoms with Crippen molar-refractivity contribution in [2.24, 2.45) is 0 Å². The van der Waals surface area contributed by atoms with Crippen LogP contribution in [0.15, 0.2) is 40.1 Å². The van der Waals surface area contributed by atoms with Gasteiger partial charge in [-0.05, 0) is 24.6 Å². The van der Waals surface area contributed by atoms with Gasteiger partial charge in [-0.3, -0.25) is 13.9 Å². The Morgan fingerprint density at radius 3 is 2.68 bits per heavy atom. The van der Waals surface area contributed by atoms with Crippen molar-refractivity contribution < 1.29 is 0 Å². The zero-order valence-corrected chi connectivity index (χ0v) is 11.2. The molecule has 1 aromatic carbocycles. The second-order valence-corrected chi connectivity index (χ2v) is 4.61. The minimum absolute atomic E-state index is 0.0588. The molecule has 19 heavy (non-hydrogen) atoms. The molecule has 0 aliphatic heterocycles. The van der Waals surface area contributed by atoms with Crippen LogP contribution in [-0.4, -0.2) is 9.13 Å². The molecule has 6 heteroatoms. The Bertz CT molecular complexity index is 719. The zero-order chi connectivity index (χ0) is 14.0. The van der Waals surface area contributed by atoms with Crippen LogP contribution in [0, 0.1) is 0 Å². The van der Waals surface area contributed by atoms with Crippen LogP contribution < -0.4 is 17.0 Å². The Morgan fingerprint density at radius 2 is 2.05 bits per heavy atom. The minimum atomic E-state index is -0.477. The van der Waals surface area contributed by atoms with Crippen LogP contribution in [0.1, 0.15) is 12.5 Å². The highest BCUT2D eigenvalue weighted by atomic mass is 35.5. The van der Waals surface area contributed by atoms with Crippen LogP contribution in [0.5, 0.6) is 0 Å². The van der Waals surface area contributed by atoms with E-state index in [4.69, 9.17) is 17.3 Å². The van der Waals surface area contributed by atoms with Crippen molar-refractivity contribution in [1.29, 1.82) is 0 Å². The summed E-state index contributed by atoms with van der Waals surface area (Å²) in [4.78, 5) is 24.0. The number of anilines is 1. The number of aromatic nitrogens is 2. The molecule has 2 rings (SSSR count). The predicted molar refractivity (Wildman–Crippen MR) is 75.6 cm³/mol. The lowest BCUT2D eigenvalue weighted by atomic mass is 10.2. The summed E-state index contributed by atoms with van der Waals surface area (Å²) in [6.45, 7) is 2.43. The molecule has 0 unspecified atom stereocenters. The van der Waals surface area contributed by atoms with E-state index in [0.717, 1.165) is 10.1 Å². The second-order valence-electron chi connectivity index (χ2n) is 4.17. The molecule has 0 bridgehead atoms. The minimum Gasteiger partial charge on any atom is -0.393 e. The average molecular weight is 280 g/mol. The fourth-order valence-corrected chi connectivity index (χ4v) is 2.07. The van der Waals surface area contributed by atoms with Gasteiger partial charge in [0.15, 0.2) is 0 Å². The number of halogens is 1. The van der Waals surface area contributed by atoms with Crippen molar-refractivity contribution in [2.75, 3.05) is 5.73 Å². The monoisotopic (exact) mass is 279 g/mol. The SMILES string of the molecule is CCn1cc(N)c(=O)n(Cc2cccc(Cl)c2)c1=O. The molecule has 0 saturated carbocycles. The van der Waals surface area contributed by atoms with Crippen LogP contribution in [0.2, 0.25) is 5.02 Å². The molecule has 1 heterocycles. The van der Waals surface area contributed by atoms with Gasteiger partial charge >= 0.3 is 5.69 Å². The standard InChI is InChI=1S/C13H14ClN3O2/c1-2-16-8-11(15)12(18)17(13(16)19)7-9-4-3-5-10(14)6-9/h3-6,8H,2,7,15H2,1H3. The van der Waals surface area contributed by atoms with Crippen molar-refractivity contribution in [3.05, 3.63) is 61.9 Å². The summed E-state index contributed by atoms with van der Waals surface area (Å²) < 4.78 is 2.52. The number of hydrogen-bond donors (Lipinski definition) is 1. The Morgan fingerprint density at radius 1 is 1.32 bits per heavy atom. The summed E-state index contributed by atoms with van der Waals surface area (Å²) in [5.74, 6) is 0. The third kappa shape index (κ3) is 2.71. The molecule has 1 aromatic heterocycles. The van der Waals surface area contributed by atoms with Crippen molar-refractivity contribution in [3.63, 3.8) is 0 Å². The molecule has 0 aliphatic carbocycles. The van der Waals surface area contributed by atoms with Gasteiger partial charge in [0, 0.05) is 17.8 Å². The quantitative estimate of drug-likeness (QED) is 0.921. The Hall–Kier alpha value is -2.01. The van der Waals surface area contributed by atoms with E-state index in [1.807, 2.05) is 6.92 Å². The first-order chi connectivity index (χ1) is 9.02. The largest absolute Gasteiger partial charge is 0.393 e. The van der Waals surface area contributed by atoms with Crippen molar-refractivity contribution in [1.82, 2.24) is 9.13 Å². The van der Waals surface area contributed by atoms with E-state index in [-0.39, 0.29) is 17.9 Å². The Labute approximate surface area is 114 Å². The number of benzene rings is 1. The molecule has 0 amide bonds.